The number of aromatic hydroxyl groups is 2. The standard InChI is InChI=1S/C10H13NO6/c12-4-7(10(15)16)11-17-5-6-2-1-3-8(13)9(6)14/h1-3,7,11-14H,4-5H2,(H,15,16)/t7-/m1/s1. The van der Waals surface area contributed by atoms with Crippen LogP contribution in [0.1, 0.15) is 5.56 Å². The van der Waals surface area contributed by atoms with Gasteiger partial charge in [0.15, 0.2) is 17.5 Å². The third-order valence-corrected chi connectivity index (χ3v) is 2.03. The molecule has 1 rings (SSSR count). The molecule has 0 aliphatic rings. The normalized spacial score (nSPS) is 12.3. The molecule has 0 bridgehead atoms. The zero-order valence-electron chi connectivity index (χ0n) is 8.83. The van der Waals surface area contributed by atoms with Gasteiger partial charge in [-0.3, -0.25) is 9.63 Å². The average molecular weight is 243 g/mol. The summed E-state index contributed by atoms with van der Waals surface area (Å²) >= 11 is 0. The predicted molar refractivity (Wildman–Crippen MR) is 56.2 cm³/mol. The molecule has 0 heterocycles. The van der Waals surface area contributed by atoms with Crippen LogP contribution in [-0.4, -0.2) is 39.0 Å². The first-order chi connectivity index (χ1) is 8.06. The van der Waals surface area contributed by atoms with Crippen molar-refractivity contribution in [3.8, 4) is 11.5 Å². The Bertz CT molecular complexity index is 394. The van der Waals surface area contributed by atoms with Crippen molar-refractivity contribution in [2.24, 2.45) is 0 Å². The molecule has 0 unspecified atom stereocenters. The summed E-state index contributed by atoms with van der Waals surface area (Å²) in [5.74, 6) is -1.87. The summed E-state index contributed by atoms with van der Waals surface area (Å²) in [5.41, 5.74) is 2.41. The van der Waals surface area contributed by atoms with E-state index in [-0.39, 0.29) is 18.1 Å². The number of phenols is 2. The lowest BCUT2D eigenvalue weighted by molar-refractivity contribution is -0.146. The lowest BCUT2D eigenvalue weighted by Crippen LogP contribution is -2.39. The van der Waals surface area contributed by atoms with E-state index in [1.54, 1.807) is 0 Å². The van der Waals surface area contributed by atoms with Crippen LogP contribution in [0.2, 0.25) is 0 Å². The fourth-order valence-electron chi connectivity index (χ4n) is 1.08. The molecule has 94 valence electrons. The molecule has 0 saturated heterocycles. The third kappa shape index (κ3) is 3.59. The molecular weight excluding hydrogens is 230 g/mol. The van der Waals surface area contributed by atoms with Crippen molar-refractivity contribution in [3.63, 3.8) is 0 Å². The molecule has 0 amide bonds. The number of carbonyl (C=O) groups is 1. The second-order valence-corrected chi connectivity index (χ2v) is 3.26. The first-order valence-electron chi connectivity index (χ1n) is 4.77. The van der Waals surface area contributed by atoms with Crippen LogP contribution in [0, 0.1) is 0 Å². The largest absolute Gasteiger partial charge is 0.504 e. The van der Waals surface area contributed by atoms with Crippen molar-refractivity contribution in [1.82, 2.24) is 5.48 Å². The van der Waals surface area contributed by atoms with E-state index in [1.807, 2.05) is 0 Å². The molecule has 0 spiro atoms. The number of aliphatic hydroxyl groups is 1. The van der Waals surface area contributed by atoms with Gasteiger partial charge in [-0.25, -0.2) is 0 Å². The van der Waals surface area contributed by atoms with E-state index in [2.05, 4.69) is 5.48 Å². The molecule has 7 nitrogen and oxygen atoms in total. The Hall–Kier alpha value is -1.83. The smallest absolute Gasteiger partial charge is 0.325 e. The first-order valence-corrected chi connectivity index (χ1v) is 4.77. The van der Waals surface area contributed by atoms with E-state index in [0.29, 0.717) is 5.56 Å². The minimum Gasteiger partial charge on any atom is -0.504 e. The van der Waals surface area contributed by atoms with Crippen LogP contribution in [0.25, 0.3) is 0 Å². The number of aliphatic carboxylic acids is 1. The molecule has 5 N–H and O–H groups in total. The Morgan fingerprint density at radius 3 is 2.71 bits per heavy atom. The van der Waals surface area contributed by atoms with Gasteiger partial charge in [0.25, 0.3) is 0 Å². The maximum Gasteiger partial charge on any atom is 0.325 e. The fraction of sp³-hybridized carbons (Fsp3) is 0.300. The second-order valence-electron chi connectivity index (χ2n) is 3.26. The van der Waals surface area contributed by atoms with Crippen molar-refractivity contribution in [2.75, 3.05) is 6.61 Å². The zero-order chi connectivity index (χ0) is 12.8. The summed E-state index contributed by atoms with van der Waals surface area (Å²) in [6, 6.07) is 3.08. The van der Waals surface area contributed by atoms with Gasteiger partial charge in [0, 0.05) is 5.56 Å². The summed E-state index contributed by atoms with van der Waals surface area (Å²) in [4.78, 5) is 15.3. The van der Waals surface area contributed by atoms with Crippen molar-refractivity contribution in [1.29, 1.82) is 0 Å². The molecule has 0 aliphatic carbocycles. The van der Waals surface area contributed by atoms with Gasteiger partial charge in [0.05, 0.1) is 13.2 Å². The van der Waals surface area contributed by atoms with E-state index >= 15 is 0 Å². The number of phenolic OH excluding ortho intramolecular Hbond substituents is 2. The molecule has 0 aromatic heterocycles. The van der Waals surface area contributed by atoms with E-state index in [0.717, 1.165) is 0 Å². The number of hydroxylamine groups is 1. The number of rotatable bonds is 6. The number of benzene rings is 1. The van der Waals surface area contributed by atoms with Crippen LogP contribution in [0.4, 0.5) is 0 Å². The lowest BCUT2D eigenvalue weighted by Gasteiger charge is -2.12. The van der Waals surface area contributed by atoms with Gasteiger partial charge in [-0.15, -0.1) is 0 Å². The Labute approximate surface area is 96.8 Å². The number of aliphatic hydroxyl groups excluding tert-OH is 1. The number of carboxylic acid groups (broad SMARTS) is 1. The lowest BCUT2D eigenvalue weighted by atomic mass is 10.2. The van der Waals surface area contributed by atoms with Crippen molar-refractivity contribution in [2.45, 2.75) is 12.6 Å². The highest BCUT2D eigenvalue weighted by Gasteiger charge is 2.16. The van der Waals surface area contributed by atoms with E-state index in [1.165, 1.54) is 18.2 Å². The van der Waals surface area contributed by atoms with Gasteiger partial charge in [0.1, 0.15) is 0 Å². The minimum atomic E-state index is -1.26. The average Bonchev–Trinajstić information content (AvgIpc) is 2.29. The number of hydrogen-bond acceptors (Lipinski definition) is 6. The van der Waals surface area contributed by atoms with Gasteiger partial charge >= 0.3 is 5.97 Å². The quantitative estimate of drug-likeness (QED) is 0.339. The van der Waals surface area contributed by atoms with Crippen LogP contribution < -0.4 is 5.48 Å². The number of para-hydroxylation sites is 1. The summed E-state index contributed by atoms with van der Waals surface area (Å²) in [6.45, 7) is -0.772. The SMILES string of the molecule is O=C(O)[C@@H](CO)NOCc1cccc(O)c1O. The van der Waals surface area contributed by atoms with Gasteiger partial charge in [0.2, 0.25) is 0 Å². The Kier molecular flexibility index (Phi) is 4.70. The molecule has 0 radical (unpaired) electrons. The number of nitrogens with one attached hydrogen (secondary N) is 1. The molecule has 1 atom stereocenters. The van der Waals surface area contributed by atoms with Crippen molar-refractivity contribution >= 4 is 5.97 Å². The summed E-state index contributed by atoms with van der Waals surface area (Å²) in [7, 11) is 0. The van der Waals surface area contributed by atoms with Crippen molar-refractivity contribution in [3.05, 3.63) is 23.8 Å². The third-order valence-electron chi connectivity index (χ3n) is 2.03. The number of carboxylic acids is 1. The molecule has 1 aromatic carbocycles. The van der Waals surface area contributed by atoms with E-state index < -0.39 is 18.6 Å². The molecule has 0 saturated carbocycles. The second kappa shape index (κ2) is 6.04. The van der Waals surface area contributed by atoms with E-state index in [9.17, 15) is 15.0 Å². The molecule has 1 aromatic rings. The van der Waals surface area contributed by atoms with Crippen LogP contribution in [-0.2, 0) is 16.2 Å². The highest BCUT2D eigenvalue weighted by molar-refractivity contribution is 5.73. The maximum atomic E-state index is 10.5. The van der Waals surface area contributed by atoms with E-state index in [4.69, 9.17) is 15.1 Å². The van der Waals surface area contributed by atoms with Gasteiger partial charge in [-0.05, 0) is 6.07 Å². The van der Waals surface area contributed by atoms with Crippen LogP contribution in [0.3, 0.4) is 0 Å². The highest BCUT2D eigenvalue weighted by Crippen LogP contribution is 2.28. The summed E-state index contributed by atoms with van der Waals surface area (Å²) < 4.78 is 0. The summed E-state index contributed by atoms with van der Waals surface area (Å²) in [6.07, 6.45) is 0. The molecule has 7 heteroatoms. The Morgan fingerprint density at radius 1 is 1.41 bits per heavy atom. The van der Waals surface area contributed by atoms with Crippen LogP contribution >= 0.6 is 0 Å². The molecular formula is C10H13NO6. The first kappa shape index (κ1) is 13.2. The van der Waals surface area contributed by atoms with Crippen LogP contribution in [0.15, 0.2) is 18.2 Å². The van der Waals surface area contributed by atoms with Crippen LogP contribution in [0.5, 0.6) is 11.5 Å². The fourth-order valence-corrected chi connectivity index (χ4v) is 1.08. The Balaban J connectivity index is 2.51. The topological polar surface area (TPSA) is 119 Å². The maximum absolute atomic E-state index is 10.5. The predicted octanol–water partition coefficient (Wildman–Crippen LogP) is -0.436. The van der Waals surface area contributed by atoms with Gasteiger partial charge in [-0.2, -0.15) is 5.48 Å². The highest BCUT2D eigenvalue weighted by atomic mass is 16.6. The number of hydrogen-bond donors (Lipinski definition) is 5. The molecule has 17 heavy (non-hydrogen) atoms. The minimum absolute atomic E-state index is 0.149. The van der Waals surface area contributed by atoms with Gasteiger partial charge in [-0.1, -0.05) is 12.1 Å². The Morgan fingerprint density at radius 2 is 2.12 bits per heavy atom. The summed E-state index contributed by atoms with van der Waals surface area (Å²) in [5, 5.41) is 35.8. The molecule has 0 fully saturated rings. The zero-order valence-corrected chi connectivity index (χ0v) is 8.83. The monoisotopic (exact) mass is 243 g/mol. The van der Waals surface area contributed by atoms with Gasteiger partial charge < -0.3 is 20.4 Å². The molecule has 0 aliphatic heterocycles. The van der Waals surface area contributed by atoms with Crippen molar-refractivity contribution < 1.29 is 30.1 Å².